The van der Waals surface area contributed by atoms with E-state index < -0.39 is 29.7 Å². The maximum Gasteiger partial charge on any atom is 0.264 e. The molecule has 3 aliphatic rings. The van der Waals surface area contributed by atoms with Crippen molar-refractivity contribution in [3.8, 4) is 5.75 Å². The van der Waals surface area contributed by atoms with Crippen LogP contribution in [-0.2, 0) is 19.1 Å². The molecule has 2 atom stereocenters. The number of rotatable bonds is 13. The van der Waals surface area contributed by atoms with Crippen LogP contribution in [0, 0.1) is 18.8 Å². The number of imide groups is 2. The summed E-state index contributed by atoms with van der Waals surface area (Å²) in [7, 11) is 0. The van der Waals surface area contributed by atoms with Gasteiger partial charge in [0, 0.05) is 47.9 Å². The molecule has 0 spiro atoms. The van der Waals surface area contributed by atoms with Crippen LogP contribution in [0.15, 0.2) is 66.9 Å². The summed E-state index contributed by atoms with van der Waals surface area (Å²) < 4.78 is 11.6. The fourth-order valence-corrected chi connectivity index (χ4v) is 8.13. The minimum atomic E-state index is -1.03. The Morgan fingerprint density at radius 1 is 0.964 bits per heavy atom. The zero-order valence-electron chi connectivity index (χ0n) is 30.9. The van der Waals surface area contributed by atoms with Crippen LogP contribution in [0.5, 0.6) is 5.75 Å². The van der Waals surface area contributed by atoms with Crippen molar-refractivity contribution in [1.82, 2.24) is 15.2 Å². The third-order valence-electron chi connectivity index (χ3n) is 11.0. The molecule has 1 saturated heterocycles. The maximum absolute atomic E-state index is 13.4. The number of hydrogen-bond acceptors (Lipinski definition) is 9. The molecule has 2 fully saturated rings. The predicted molar refractivity (Wildman–Crippen MR) is 208 cm³/mol. The molecule has 13 heteroatoms. The topological polar surface area (TPSA) is 156 Å². The number of nitrogens with zero attached hydrogens (tertiary/aromatic N) is 2. The van der Waals surface area contributed by atoms with Crippen LogP contribution in [0.25, 0.3) is 10.9 Å². The summed E-state index contributed by atoms with van der Waals surface area (Å²) in [5.74, 6) is -1.23. The Hall–Kier alpha value is -5.33. The molecule has 3 heterocycles. The van der Waals surface area contributed by atoms with Crippen molar-refractivity contribution in [3.05, 3.63) is 94.1 Å². The molecule has 1 aliphatic carbocycles. The highest BCUT2D eigenvalue weighted by atomic mass is 35.5. The van der Waals surface area contributed by atoms with Crippen molar-refractivity contribution in [3.63, 3.8) is 0 Å². The molecular formula is C42H44ClN5O7. The number of pyridine rings is 1. The zero-order valence-corrected chi connectivity index (χ0v) is 31.6. The number of aromatic nitrogens is 1. The van der Waals surface area contributed by atoms with Gasteiger partial charge in [-0.05, 0) is 98.9 Å². The summed E-state index contributed by atoms with van der Waals surface area (Å²) in [6.45, 7) is 5.17. The average Bonchev–Trinajstić information content (AvgIpc) is 3.44. The fourth-order valence-electron chi connectivity index (χ4n) is 7.96. The lowest BCUT2D eigenvalue weighted by Gasteiger charge is -2.32. The zero-order chi connectivity index (χ0) is 38.6. The van der Waals surface area contributed by atoms with Gasteiger partial charge in [0.25, 0.3) is 11.8 Å². The highest BCUT2D eigenvalue weighted by Crippen LogP contribution is 2.41. The first kappa shape index (κ1) is 38.0. The van der Waals surface area contributed by atoms with Gasteiger partial charge in [-0.25, -0.2) is 0 Å². The molecule has 1 unspecified atom stereocenters. The van der Waals surface area contributed by atoms with Crippen LogP contribution < -0.4 is 20.7 Å². The molecule has 4 aromatic rings. The van der Waals surface area contributed by atoms with E-state index in [1.165, 1.54) is 16.5 Å². The van der Waals surface area contributed by atoms with Crippen molar-refractivity contribution in [2.24, 2.45) is 11.8 Å². The van der Waals surface area contributed by atoms with E-state index in [9.17, 15) is 24.0 Å². The van der Waals surface area contributed by atoms with Gasteiger partial charge in [0.1, 0.15) is 18.4 Å². The van der Waals surface area contributed by atoms with E-state index >= 15 is 0 Å². The van der Waals surface area contributed by atoms with Crippen LogP contribution in [-0.4, -0.2) is 71.8 Å². The number of carbonyl (C=O) groups is 5. The van der Waals surface area contributed by atoms with E-state index in [0.29, 0.717) is 40.5 Å². The molecule has 3 aromatic carbocycles. The number of nitrogens with one attached hydrogen (secondary N) is 3. The molecule has 1 aromatic heterocycles. The van der Waals surface area contributed by atoms with Gasteiger partial charge >= 0.3 is 0 Å². The van der Waals surface area contributed by atoms with Crippen molar-refractivity contribution in [2.75, 3.05) is 37.0 Å². The van der Waals surface area contributed by atoms with Gasteiger partial charge in [-0.3, -0.25) is 39.2 Å². The van der Waals surface area contributed by atoms with Crippen LogP contribution in [0.3, 0.4) is 0 Å². The Balaban J connectivity index is 0.847. The highest BCUT2D eigenvalue weighted by Gasteiger charge is 2.45. The first-order valence-electron chi connectivity index (χ1n) is 18.8. The SMILES string of the molecule is Cc1ccc2nccc(C3CCC([C@@H](C)C(=O)Nc4ccc(Cl)c(OCCOCCNc5cccc6c5C(=O)N(C5CCC(=O)NC5=O)C6=O)c4)CC3)c2c1. The smallest absolute Gasteiger partial charge is 0.264 e. The van der Waals surface area contributed by atoms with Crippen LogP contribution in [0.4, 0.5) is 11.4 Å². The minimum absolute atomic E-state index is 0.0312. The highest BCUT2D eigenvalue weighted by molar-refractivity contribution is 6.32. The van der Waals surface area contributed by atoms with Gasteiger partial charge in [-0.15, -0.1) is 0 Å². The Morgan fingerprint density at radius 2 is 1.78 bits per heavy atom. The molecule has 0 radical (unpaired) electrons. The lowest BCUT2D eigenvalue weighted by atomic mass is 9.73. The Labute approximate surface area is 324 Å². The number of hydrogen-bond donors (Lipinski definition) is 3. The van der Waals surface area contributed by atoms with Crippen LogP contribution >= 0.6 is 11.6 Å². The molecule has 1 saturated carbocycles. The van der Waals surface area contributed by atoms with Gasteiger partial charge in [0.15, 0.2) is 0 Å². The second kappa shape index (κ2) is 16.6. The third-order valence-corrected chi connectivity index (χ3v) is 11.3. The first-order chi connectivity index (χ1) is 26.6. The lowest BCUT2D eigenvalue weighted by molar-refractivity contribution is -0.136. The monoisotopic (exact) mass is 765 g/mol. The van der Waals surface area contributed by atoms with E-state index in [1.54, 1.807) is 36.4 Å². The normalized spacial score (nSPS) is 20.3. The second-order valence-corrected chi connectivity index (χ2v) is 14.9. The minimum Gasteiger partial charge on any atom is -0.490 e. The van der Waals surface area contributed by atoms with Gasteiger partial charge in [0.05, 0.1) is 34.9 Å². The summed E-state index contributed by atoms with van der Waals surface area (Å²) in [6, 6.07) is 17.6. The molecule has 2 aliphatic heterocycles. The molecule has 7 rings (SSSR count). The Morgan fingerprint density at radius 3 is 2.58 bits per heavy atom. The van der Waals surface area contributed by atoms with Crippen LogP contribution in [0.2, 0.25) is 5.02 Å². The summed E-state index contributed by atoms with van der Waals surface area (Å²) in [5, 5.41) is 10.0. The largest absolute Gasteiger partial charge is 0.490 e. The van der Waals surface area contributed by atoms with Gasteiger partial charge < -0.3 is 20.1 Å². The van der Waals surface area contributed by atoms with E-state index in [-0.39, 0.29) is 55.6 Å². The van der Waals surface area contributed by atoms with Gasteiger partial charge in [0.2, 0.25) is 17.7 Å². The quantitative estimate of drug-likeness (QED) is 0.100. The van der Waals surface area contributed by atoms with E-state index in [0.717, 1.165) is 36.1 Å². The average molecular weight is 766 g/mol. The summed E-state index contributed by atoms with van der Waals surface area (Å²) in [6.07, 6.45) is 6.07. The Bertz CT molecular complexity index is 2150. The molecule has 5 amide bonds. The summed E-state index contributed by atoms with van der Waals surface area (Å²) in [4.78, 5) is 69.2. The standard InChI is InChI=1S/C42H44ClN5O7/c1-24-6-13-33-31(22-24)29(16-17-44-33)27-9-7-26(8-10-27)25(2)39(50)46-28-11-12-32(43)36(23-28)55-21-20-54-19-18-45-34-5-3-4-30-38(34)42(53)48(41(30)52)35-14-15-37(49)47-40(35)51/h3-6,11-13,16-17,22-23,25-27,35,45H,7-10,14-15,18-21H2,1-2H3,(H,46,50)(H,47,49,51)/t25-,26?,27?,35?/m1/s1. The number of fused-ring (bicyclic) bond motifs is 2. The van der Waals surface area contributed by atoms with E-state index in [4.69, 9.17) is 21.1 Å². The molecule has 12 nitrogen and oxygen atoms in total. The Kier molecular flexibility index (Phi) is 11.4. The summed E-state index contributed by atoms with van der Waals surface area (Å²) in [5.41, 5.74) is 5.06. The van der Waals surface area contributed by atoms with Crippen molar-refractivity contribution in [1.29, 1.82) is 0 Å². The van der Waals surface area contributed by atoms with E-state index in [1.807, 2.05) is 13.1 Å². The van der Waals surface area contributed by atoms with Crippen molar-refractivity contribution < 1.29 is 33.4 Å². The van der Waals surface area contributed by atoms with Crippen LogP contribution in [0.1, 0.15) is 83.2 Å². The molecule has 286 valence electrons. The number of anilines is 2. The van der Waals surface area contributed by atoms with Gasteiger partial charge in [-0.1, -0.05) is 36.2 Å². The molecule has 55 heavy (non-hydrogen) atoms. The number of ether oxygens (including phenoxy) is 2. The fraction of sp³-hybridized carbons (Fsp3) is 0.381. The lowest BCUT2D eigenvalue weighted by Crippen LogP contribution is -2.54. The molecular weight excluding hydrogens is 722 g/mol. The predicted octanol–water partition coefficient (Wildman–Crippen LogP) is 6.65. The number of carbonyl (C=O) groups excluding carboxylic acids is 5. The third kappa shape index (κ3) is 8.20. The number of halogens is 1. The van der Waals surface area contributed by atoms with Crippen molar-refractivity contribution >= 4 is 63.4 Å². The second-order valence-electron chi connectivity index (χ2n) is 14.5. The number of aryl methyl sites for hydroxylation is 1. The number of amides is 5. The molecule has 0 bridgehead atoms. The molecule has 3 N–H and O–H groups in total. The van der Waals surface area contributed by atoms with E-state index in [2.05, 4.69) is 52.1 Å². The van der Waals surface area contributed by atoms with Gasteiger partial charge in [-0.2, -0.15) is 0 Å². The summed E-state index contributed by atoms with van der Waals surface area (Å²) >= 11 is 6.41. The van der Waals surface area contributed by atoms with Crippen molar-refractivity contribution in [2.45, 2.75) is 64.3 Å². The first-order valence-corrected chi connectivity index (χ1v) is 19.2. The number of benzene rings is 3. The maximum atomic E-state index is 13.4. The number of piperidine rings is 1.